The molecule has 0 saturated carbocycles. The monoisotopic (exact) mass is 317 g/mol. The van der Waals surface area contributed by atoms with E-state index in [1.165, 1.54) is 0 Å². The van der Waals surface area contributed by atoms with E-state index >= 15 is 0 Å². The molecule has 0 radical (unpaired) electrons. The van der Waals surface area contributed by atoms with E-state index in [2.05, 4.69) is 15.0 Å². The van der Waals surface area contributed by atoms with E-state index in [4.69, 9.17) is 23.2 Å². The highest BCUT2D eigenvalue weighted by Gasteiger charge is 2.13. The molecule has 0 aliphatic carbocycles. The molecule has 0 spiro atoms. The number of pyridine rings is 1. The summed E-state index contributed by atoms with van der Waals surface area (Å²) in [7, 11) is 0. The highest BCUT2D eigenvalue weighted by Crippen LogP contribution is 2.27. The summed E-state index contributed by atoms with van der Waals surface area (Å²) in [5, 5.41) is 1.89. The fourth-order valence-electron chi connectivity index (χ4n) is 2.30. The number of rotatable bonds is 2. The lowest BCUT2D eigenvalue weighted by Crippen LogP contribution is -1.98. The SMILES string of the molecule is CCc1c(Cl)nc(-c2cc(C)c3ccccc3n2)nc1Cl. The highest BCUT2D eigenvalue weighted by atomic mass is 35.5. The number of nitrogens with zero attached hydrogens (tertiary/aromatic N) is 3. The van der Waals surface area contributed by atoms with Crippen molar-refractivity contribution in [3.63, 3.8) is 0 Å². The van der Waals surface area contributed by atoms with Gasteiger partial charge in [-0.3, -0.25) is 0 Å². The van der Waals surface area contributed by atoms with Gasteiger partial charge in [0.2, 0.25) is 0 Å². The molecule has 2 heterocycles. The van der Waals surface area contributed by atoms with Crippen LogP contribution in [-0.2, 0) is 6.42 Å². The fourth-order valence-corrected chi connectivity index (χ4v) is 2.96. The van der Waals surface area contributed by atoms with E-state index in [0.29, 0.717) is 28.2 Å². The molecule has 3 aromatic rings. The van der Waals surface area contributed by atoms with Gasteiger partial charge in [-0.15, -0.1) is 0 Å². The van der Waals surface area contributed by atoms with Gasteiger partial charge in [0, 0.05) is 10.9 Å². The van der Waals surface area contributed by atoms with Crippen LogP contribution in [-0.4, -0.2) is 15.0 Å². The van der Waals surface area contributed by atoms with Gasteiger partial charge >= 0.3 is 0 Å². The molecule has 21 heavy (non-hydrogen) atoms. The molecule has 106 valence electrons. The second-order valence-electron chi connectivity index (χ2n) is 4.80. The Labute approximate surface area is 133 Å². The molecule has 5 heteroatoms. The molecule has 3 nitrogen and oxygen atoms in total. The zero-order valence-corrected chi connectivity index (χ0v) is 13.2. The molecule has 0 N–H and O–H groups in total. The highest BCUT2D eigenvalue weighted by molar-refractivity contribution is 6.34. The van der Waals surface area contributed by atoms with E-state index in [1.807, 2.05) is 44.2 Å². The van der Waals surface area contributed by atoms with Crippen LogP contribution in [0, 0.1) is 6.92 Å². The van der Waals surface area contributed by atoms with Crippen molar-refractivity contribution in [3.8, 4) is 11.5 Å². The van der Waals surface area contributed by atoms with Gasteiger partial charge < -0.3 is 0 Å². The first kappa shape index (κ1) is 14.2. The first-order chi connectivity index (χ1) is 10.1. The van der Waals surface area contributed by atoms with E-state index in [0.717, 1.165) is 22.0 Å². The minimum Gasteiger partial charge on any atom is -0.244 e. The maximum absolute atomic E-state index is 6.18. The summed E-state index contributed by atoms with van der Waals surface area (Å²) in [5.41, 5.74) is 3.46. The third-order valence-corrected chi connectivity index (χ3v) is 4.04. The van der Waals surface area contributed by atoms with Crippen molar-refractivity contribution in [1.82, 2.24) is 15.0 Å². The summed E-state index contributed by atoms with van der Waals surface area (Å²) in [6, 6.07) is 9.92. The Bertz CT molecular complexity index is 808. The molecule has 0 atom stereocenters. The van der Waals surface area contributed by atoms with E-state index < -0.39 is 0 Å². The van der Waals surface area contributed by atoms with Crippen LogP contribution in [0.3, 0.4) is 0 Å². The molecule has 1 aromatic carbocycles. The predicted molar refractivity (Wildman–Crippen MR) is 86.9 cm³/mol. The Morgan fingerprint density at radius 3 is 2.33 bits per heavy atom. The minimum absolute atomic E-state index is 0.389. The molecule has 0 aliphatic rings. The van der Waals surface area contributed by atoms with Gasteiger partial charge in [0.15, 0.2) is 5.82 Å². The van der Waals surface area contributed by atoms with Crippen LogP contribution in [0.5, 0.6) is 0 Å². The van der Waals surface area contributed by atoms with Crippen molar-refractivity contribution in [2.24, 2.45) is 0 Å². The van der Waals surface area contributed by atoms with Gasteiger partial charge in [0.1, 0.15) is 16.0 Å². The lowest BCUT2D eigenvalue weighted by Gasteiger charge is -2.08. The number of para-hydroxylation sites is 1. The van der Waals surface area contributed by atoms with Crippen LogP contribution >= 0.6 is 23.2 Å². The minimum atomic E-state index is 0.389. The van der Waals surface area contributed by atoms with Crippen molar-refractivity contribution < 1.29 is 0 Å². The summed E-state index contributed by atoms with van der Waals surface area (Å²) in [6.07, 6.45) is 0.697. The van der Waals surface area contributed by atoms with Gasteiger partial charge in [-0.2, -0.15) is 0 Å². The molecule has 0 aliphatic heterocycles. The standard InChI is InChI=1S/C16H13Cl2N3/c1-3-10-14(17)20-16(21-15(10)18)13-8-9(2)11-6-4-5-7-12(11)19-13/h4-8H,3H2,1-2H3. The predicted octanol–water partition coefficient (Wildman–Crippen LogP) is 4.87. The maximum Gasteiger partial charge on any atom is 0.181 e. The zero-order valence-electron chi connectivity index (χ0n) is 11.7. The lowest BCUT2D eigenvalue weighted by molar-refractivity contribution is 1.04. The van der Waals surface area contributed by atoms with Crippen molar-refractivity contribution in [3.05, 3.63) is 51.8 Å². The number of halogens is 2. The fraction of sp³-hybridized carbons (Fsp3) is 0.188. The second kappa shape index (κ2) is 5.58. The molecule has 0 unspecified atom stereocenters. The molecular formula is C16H13Cl2N3. The summed E-state index contributed by atoms with van der Waals surface area (Å²) < 4.78 is 0. The van der Waals surface area contributed by atoms with Crippen molar-refractivity contribution >= 4 is 34.1 Å². The van der Waals surface area contributed by atoms with Gasteiger partial charge in [-0.1, -0.05) is 48.3 Å². The maximum atomic E-state index is 6.18. The Hall–Kier alpha value is -1.71. The van der Waals surface area contributed by atoms with Crippen LogP contribution in [0.25, 0.3) is 22.4 Å². The Morgan fingerprint density at radius 2 is 1.67 bits per heavy atom. The van der Waals surface area contributed by atoms with Crippen molar-refractivity contribution in [2.45, 2.75) is 20.3 Å². The molecule has 2 aromatic heterocycles. The van der Waals surface area contributed by atoms with Gasteiger partial charge in [0.25, 0.3) is 0 Å². The van der Waals surface area contributed by atoms with Crippen molar-refractivity contribution in [1.29, 1.82) is 0 Å². The van der Waals surface area contributed by atoms with E-state index in [-0.39, 0.29) is 0 Å². The number of fused-ring (bicyclic) bond motifs is 1. The number of aryl methyl sites for hydroxylation is 1. The average Bonchev–Trinajstić information content (AvgIpc) is 2.47. The van der Waals surface area contributed by atoms with Crippen LogP contribution in [0.2, 0.25) is 10.3 Å². The zero-order chi connectivity index (χ0) is 15.0. The van der Waals surface area contributed by atoms with Gasteiger partial charge in [-0.05, 0) is 31.0 Å². The third-order valence-electron chi connectivity index (χ3n) is 3.41. The van der Waals surface area contributed by atoms with Crippen molar-refractivity contribution in [2.75, 3.05) is 0 Å². The summed E-state index contributed by atoms with van der Waals surface area (Å²) in [5.74, 6) is 0.455. The topological polar surface area (TPSA) is 38.7 Å². The summed E-state index contributed by atoms with van der Waals surface area (Å²) in [4.78, 5) is 13.3. The number of hydrogen-bond donors (Lipinski definition) is 0. The number of aromatic nitrogens is 3. The van der Waals surface area contributed by atoms with Crippen LogP contribution in [0.1, 0.15) is 18.1 Å². The number of benzene rings is 1. The quantitative estimate of drug-likeness (QED) is 0.633. The van der Waals surface area contributed by atoms with E-state index in [1.54, 1.807) is 0 Å². The van der Waals surface area contributed by atoms with Gasteiger partial charge in [0.05, 0.1) is 5.52 Å². The molecule has 0 saturated heterocycles. The molecule has 0 bridgehead atoms. The largest absolute Gasteiger partial charge is 0.244 e. The van der Waals surface area contributed by atoms with E-state index in [9.17, 15) is 0 Å². The van der Waals surface area contributed by atoms with Crippen LogP contribution in [0.4, 0.5) is 0 Å². The molecular weight excluding hydrogens is 305 g/mol. The van der Waals surface area contributed by atoms with Crippen LogP contribution in [0.15, 0.2) is 30.3 Å². The van der Waals surface area contributed by atoms with Crippen LogP contribution < -0.4 is 0 Å². The Balaban J connectivity index is 2.21. The lowest BCUT2D eigenvalue weighted by atomic mass is 10.1. The van der Waals surface area contributed by atoms with Gasteiger partial charge in [-0.25, -0.2) is 15.0 Å². The Morgan fingerprint density at radius 1 is 1.00 bits per heavy atom. The normalized spacial score (nSPS) is 11.0. The third kappa shape index (κ3) is 2.59. The Kier molecular flexibility index (Phi) is 3.79. The average molecular weight is 318 g/mol. The summed E-state index contributed by atoms with van der Waals surface area (Å²) in [6.45, 7) is 4.01. The molecule has 0 fully saturated rings. The second-order valence-corrected chi connectivity index (χ2v) is 5.52. The first-order valence-electron chi connectivity index (χ1n) is 6.68. The first-order valence-corrected chi connectivity index (χ1v) is 7.44. The smallest absolute Gasteiger partial charge is 0.181 e. The molecule has 3 rings (SSSR count). The summed E-state index contributed by atoms with van der Waals surface area (Å²) >= 11 is 12.4. The molecule has 0 amide bonds. The number of hydrogen-bond acceptors (Lipinski definition) is 3.